The van der Waals surface area contributed by atoms with Gasteiger partial charge < -0.3 is 4.90 Å². The largest absolute Gasteiger partial charge is 0.342 e. The highest BCUT2D eigenvalue weighted by atomic mass is 35.5. The average Bonchev–Trinajstić information content (AvgIpc) is 2.51. The first-order valence-corrected chi connectivity index (χ1v) is 10.5. The summed E-state index contributed by atoms with van der Waals surface area (Å²) < 4.78 is 25.4. The number of likely N-dealkylation sites (tertiary alicyclic amines) is 1. The van der Waals surface area contributed by atoms with Crippen molar-refractivity contribution < 1.29 is 13.2 Å². The molecule has 1 aromatic rings. The molecule has 2 rings (SSSR count). The fourth-order valence-corrected chi connectivity index (χ4v) is 3.88. The third kappa shape index (κ3) is 5.76. The molecule has 0 bridgehead atoms. The predicted octanol–water partition coefficient (Wildman–Crippen LogP) is 2.75. The Hall–Kier alpha value is -1.11. The summed E-state index contributed by atoms with van der Waals surface area (Å²) in [5.41, 5.74) is 0.851. The number of sulfonamides is 1. The first kappa shape index (κ1) is 19.2. The van der Waals surface area contributed by atoms with Crippen molar-refractivity contribution in [1.29, 1.82) is 0 Å². The first-order valence-electron chi connectivity index (χ1n) is 8.23. The quantitative estimate of drug-likeness (QED) is 0.771. The number of halogens is 1. The van der Waals surface area contributed by atoms with Gasteiger partial charge in [0.15, 0.2) is 0 Å². The topological polar surface area (TPSA) is 57.7 Å². The zero-order valence-corrected chi connectivity index (χ0v) is 15.8. The van der Waals surface area contributed by atoms with Crippen molar-refractivity contribution in [3.8, 4) is 0 Å². The molecular formula is C17H25ClN2O3S. The second-order valence-corrected chi connectivity index (χ2v) is 8.98. The van der Waals surface area contributed by atoms with Gasteiger partial charge in [-0.2, -0.15) is 4.31 Å². The van der Waals surface area contributed by atoms with Gasteiger partial charge in [0, 0.05) is 37.6 Å². The molecule has 1 amide bonds. The monoisotopic (exact) mass is 372 g/mol. The number of carbonyl (C=O) groups is 1. The average molecular weight is 373 g/mol. The number of nitrogens with zero attached hydrogens (tertiary/aromatic N) is 2. The Labute approximate surface area is 149 Å². The minimum absolute atomic E-state index is 0.0336. The van der Waals surface area contributed by atoms with Crippen LogP contribution in [0.4, 0.5) is 0 Å². The van der Waals surface area contributed by atoms with E-state index in [1.54, 1.807) is 24.3 Å². The molecule has 1 unspecified atom stereocenters. The van der Waals surface area contributed by atoms with Crippen molar-refractivity contribution in [3.05, 3.63) is 34.9 Å². The molecule has 0 spiro atoms. The highest BCUT2D eigenvalue weighted by Crippen LogP contribution is 2.17. The van der Waals surface area contributed by atoms with Crippen molar-refractivity contribution in [3.63, 3.8) is 0 Å². The van der Waals surface area contributed by atoms with E-state index < -0.39 is 10.0 Å². The van der Waals surface area contributed by atoms with E-state index >= 15 is 0 Å². The summed E-state index contributed by atoms with van der Waals surface area (Å²) in [6.45, 7) is 4.14. The van der Waals surface area contributed by atoms with Crippen LogP contribution in [-0.4, -0.2) is 49.4 Å². The number of amides is 1. The number of piperidine rings is 1. The lowest BCUT2D eigenvalue weighted by Gasteiger charge is -2.31. The second-order valence-electron chi connectivity index (χ2n) is 6.56. The zero-order valence-electron chi connectivity index (χ0n) is 14.2. The summed E-state index contributed by atoms with van der Waals surface area (Å²) in [6.07, 6.45) is 3.56. The summed E-state index contributed by atoms with van der Waals surface area (Å²) in [5.74, 6) is 0.550. The summed E-state index contributed by atoms with van der Waals surface area (Å²) in [4.78, 5) is 14.2. The van der Waals surface area contributed by atoms with Gasteiger partial charge in [-0.15, -0.1) is 0 Å². The molecule has 1 atom stereocenters. The molecule has 1 aliphatic rings. The molecule has 1 fully saturated rings. The lowest BCUT2D eigenvalue weighted by Crippen LogP contribution is -2.41. The van der Waals surface area contributed by atoms with Gasteiger partial charge in [0.05, 0.1) is 6.26 Å². The van der Waals surface area contributed by atoms with Crippen LogP contribution < -0.4 is 0 Å². The summed E-state index contributed by atoms with van der Waals surface area (Å²) >= 11 is 5.86. The van der Waals surface area contributed by atoms with E-state index in [-0.39, 0.29) is 25.4 Å². The maximum absolute atomic E-state index is 12.4. The lowest BCUT2D eigenvalue weighted by atomic mass is 10.00. The Balaban J connectivity index is 1.96. The van der Waals surface area contributed by atoms with Gasteiger partial charge in [0.1, 0.15) is 0 Å². The third-order valence-electron chi connectivity index (χ3n) is 4.33. The van der Waals surface area contributed by atoms with E-state index in [4.69, 9.17) is 11.6 Å². The highest BCUT2D eigenvalue weighted by molar-refractivity contribution is 7.88. The maximum Gasteiger partial charge on any atom is 0.223 e. The number of rotatable bonds is 6. The van der Waals surface area contributed by atoms with Gasteiger partial charge in [-0.25, -0.2) is 8.42 Å². The van der Waals surface area contributed by atoms with Crippen LogP contribution in [-0.2, 0) is 21.4 Å². The van der Waals surface area contributed by atoms with Gasteiger partial charge in [0.25, 0.3) is 0 Å². The Morgan fingerprint density at radius 2 is 2.00 bits per heavy atom. The molecule has 0 saturated carbocycles. The highest BCUT2D eigenvalue weighted by Gasteiger charge is 2.23. The second kappa shape index (κ2) is 8.32. The minimum atomic E-state index is -3.38. The van der Waals surface area contributed by atoms with Gasteiger partial charge >= 0.3 is 0 Å². The van der Waals surface area contributed by atoms with E-state index in [1.807, 2.05) is 4.90 Å². The van der Waals surface area contributed by atoms with Crippen LogP contribution >= 0.6 is 11.6 Å². The van der Waals surface area contributed by atoms with E-state index in [2.05, 4.69) is 6.92 Å². The Kier molecular flexibility index (Phi) is 6.66. The number of hydrogen-bond donors (Lipinski definition) is 0. The Bertz CT molecular complexity index is 661. The molecule has 5 nitrogen and oxygen atoms in total. The Morgan fingerprint density at radius 1 is 1.33 bits per heavy atom. The third-order valence-corrected chi connectivity index (χ3v) is 5.83. The van der Waals surface area contributed by atoms with E-state index in [9.17, 15) is 13.2 Å². The zero-order chi connectivity index (χ0) is 17.7. The smallest absolute Gasteiger partial charge is 0.223 e. The van der Waals surface area contributed by atoms with E-state index in [0.29, 0.717) is 10.9 Å². The molecule has 0 aliphatic carbocycles. The number of hydrogen-bond acceptors (Lipinski definition) is 3. The van der Waals surface area contributed by atoms with Gasteiger partial charge in [0.2, 0.25) is 15.9 Å². The van der Waals surface area contributed by atoms with Crippen molar-refractivity contribution in [2.75, 3.05) is 25.9 Å². The number of carbonyl (C=O) groups excluding carboxylic acids is 1. The van der Waals surface area contributed by atoms with Crippen molar-refractivity contribution in [2.24, 2.45) is 5.92 Å². The van der Waals surface area contributed by atoms with E-state index in [1.165, 1.54) is 10.6 Å². The van der Waals surface area contributed by atoms with Crippen LogP contribution in [0.3, 0.4) is 0 Å². The van der Waals surface area contributed by atoms with Crippen molar-refractivity contribution >= 4 is 27.5 Å². The summed E-state index contributed by atoms with van der Waals surface area (Å²) in [6, 6.07) is 7.07. The molecule has 1 aliphatic heterocycles. The summed E-state index contributed by atoms with van der Waals surface area (Å²) in [7, 11) is -3.38. The molecule has 0 aromatic heterocycles. The summed E-state index contributed by atoms with van der Waals surface area (Å²) in [5, 5.41) is 0.610. The van der Waals surface area contributed by atoms with Crippen LogP contribution in [0.1, 0.15) is 31.7 Å². The predicted molar refractivity (Wildman–Crippen MR) is 96.3 cm³/mol. The molecular weight excluding hydrogens is 348 g/mol. The molecule has 0 N–H and O–H groups in total. The molecule has 0 radical (unpaired) electrons. The van der Waals surface area contributed by atoms with Crippen LogP contribution in [0.25, 0.3) is 0 Å². The standard InChI is InChI=1S/C17H25ClN2O3S/c1-14-4-3-10-19(12-14)17(21)9-11-20(24(2,22)23)13-15-5-7-16(18)8-6-15/h5-8,14H,3-4,9-13H2,1-2H3. The van der Waals surface area contributed by atoms with Crippen molar-refractivity contribution in [1.82, 2.24) is 9.21 Å². The van der Waals surface area contributed by atoms with Gasteiger partial charge in [-0.05, 0) is 36.5 Å². The molecule has 7 heteroatoms. The lowest BCUT2D eigenvalue weighted by molar-refractivity contribution is -0.133. The maximum atomic E-state index is 12.4. The van der Waals surface area contributed by atoms with Gasteiger partial charge in [-0.3, -0.25) is 4.79 Å². The van der Waals surface area contributed by atoms with Crippen molar-refractivity contribution in [2.45, 2.75) is 32.7 Å². The molecule has 134 valence electrons. The molecule has 1 heterocycles. The van der Waals surface area contributed by atoms with E-state index in [0.717, 1.165) is 31.5 Å². The van der Waals surface area contributed by atoms with Crippen LogP contribution in [0, 0.1) is 5.92 Å². The first-order chi connectivity index (χ1) is 11.3. The minimum Gasteiger partial charge on any atom is -0.342 e. The van der Waals surface area contributed by atoms with Crippen LogP contribution in [0.5, 0.6) is 0 Å². The normalized spacial score (nSPS) is 18.8. The van der Waals surface area contributed by atoms with Crippen LogP contribution in [0.15, 0.2) is 24.3 Å². The fraction of sp³-hybridized carbons (Fsp3) is 0.588. The molecule has 1 aromatic carbocycles. The van der Waals surface area contributed by atoms with Gasteiger partial charge in [-0.1, -0.05) is 30.7 Å². The fourth-order valence-electron chi connectivity index (χ4n) is 2.95. The number of benzene rings is 1. The SMILES string of the molecule is CC1CCCN(C(=O)CCN(Cc2ccc(Cl)cc2)S(C)(=O)=O)C1. The van der Waals surface area contributed by atoms with Crippen LogP contribution in [0.2, 0.25) is 5.02 Å². The molecule has 24 heavy (non-hydrogen) atoms. The Morgan fingerprint density at radius 3 is 2.58 bits per heavy atom. The molecule has 1 saturated heterocycles.